The summed E-state index contributed by atoms with van der Waals surface area (Å²) in [5, 5.41) is 0. The molecule has 0 fully saturated rings. The second-order valence-electron chi connectivity index (χ2n) is 2.88. The minimum absolute atomic E-state index is 0.968. The second kappa shape index (κ2) is 4.76. The van der Waals surface area contributed by atoms with E-state index < -0.39 is 0 Å². The third-order valence-electron chi connectivity index (χ3n) is 1.96. The lowest BCUT2D eigenvalue weighted by Gasteiger charge is -2.12. The molecule has 12 heavy (non-hydrogen) atoms. The molecule has 0 aromatic heterocycles. The van der Waals surface area contributed by atoms with Gasteiger partial charge in [-0.05, 0) is 31.3 Å². The number of allylic oxidation sites excluding steroid dienone is 6. The Morgan fingerprint density at radius 3 is 2.50 bits per heavy atom. The fourth-order valence-electron chi connectivity index (χ4n) is 1.38. The average Bonchev–Trinajstić information content (AvgIpc) is 2.09. The first-order valence-electron chi connectivity index (χ1n) is 4.32. The molecule has 0 unspecified atom stereocenters. The lowest BCUT2D eigenvalue weighted by Crippen LogP contribution is -1.94. The summed E-state index contributed by atoms with van der Waals surface area (Å²) in [5.41, 5.74) is 2.79. The van der Waals surface area contributed by atoms with Crippen molar-refractivity contribution in [3.05, 3.63) is 55.0 Å². The van der Waals surface area contributed by atoms with Gasteiger partial charge in [-0.15, -0.1) is 13.2 Å². The molecule has 1 radical (unpaired) electrons. The first kappa shape index (κ1) is 9.05. The first-order chi connectivity index (χ1) is 5.88. The zero-order valence-electron chi connectivity index (χ0n) is 7.42. The van der Waals surface area contributed by atoms with E-state index in [1.807, 2.05) is 12.2 Å². The Bertz CT molecular complexity index is 228. The topological polar surface area (TPSA) is 0 Å². The smallest absolute Gasteiger partial charge is 0.00905 e. The van der Waals surface area contributed by atoms with E-state index in [1.165, 1.54) is 11.1 Å². The van der Waals surface area contributed by atoms with Crippen molar-refractivity contribution in [2.75, 3.05) is 0 Å². The van der Waals surface area contributed by atoms with Gasteiger partial charge < -0.3 is 0 Å². The van der Waals surface area contributed by atoms with E-state index in [2.05, 4.69) is 31.7 Å². The van der Waals surface area contributed by atoms with Gasteiger partial charge in [-0.3, -0.25) is 0 Å². The van der Waals surface area contributed by atoms with Crippen molar-refractivity contribution in [2.24, 2.45) is 0 Å². The van der Waals surface area contributed by atoms with E-state index in [1.54, 1.807) is 0 Å². The van der Waals surface area contributed by atoms with Crippen molar-refractivity contribution in [3.8, 4) is 0 Å². The fourth-order valence-corrected chi connectivity index (χ4v) is 1.38. The minimum Gasteiger partial charge on any atom is -0.103 e. The largest absolute Gasteiger partial charge is 0.103 e. The van der Waals surface area contributed by atoms with E-state index in [0.29, 0.717) is 0 Å². The van der Waals surface area contributed by atoms with Crippen LogP contribution in [0.15, 0.2) is 48.6 Å². The lowest BCUT2D eigenvalue weighted by atomic mass is 9.93. The molecule has 0 heteroatoms. The van der Waals surface area contributed by atoms with Gasteiger partial charge in [0.25, 0.3) is 0 Å². The summed E-state index contributed by atoms with van der Waals surface area (Å²) in [4.78, 5) is 0. The van der Waals surface area contributed by atoms with Gasteiger partial charge in [0.2, 0.25) is 0 Å². The molecule has 0 aromatic carbocycles. The van der Waals surface area contributed by atoms with Gasteiger partial charge in [-0.25, -0.2) is 0 Å². The maximum atomic E-state index is 3.75. The minimum atomic E-state index is 0.968. The summed E-state index contributed by atoms with van der Waals surface area (Å²) >= 11 is 0. The van der Waals surface area contributed by atoms with E-state index in [0.717, 1.165) is 19.3 Å². The lowest BCUT2D eigenvalue weighted by molar-refractivity contribution is 1.05. The highest BCUT2D eigenvalue weighted by atomic mass is 14.1. The summed E-state index contributed by atoms with van der Waals surface area (Å²) in [6, 6.07) is 0. The van der Waals surface area contributed by atoms with E-state index >= 15 is 0 Å². The molecule has 0 atom stereocenters. The van der Waals surface area contributed by atoms with Gasteiger partial charge in [0.15, 0.2) is 0 Å². The van der Waals surface area contributed by atoms with Crippen LogP contribution < -0.4 is 0 Å². The molecule has 1 rings (SSSR count). The molecular formula is C12H15. The van der Waals surface area contributed by atoms with Crippen molar-refractivity contribution in [1.82, 2.24) is 0 Å². The molecule has 0 bridgehead atoms. The summed E-state index contributed by atoms with van der Waals surface area (Å²) in [7, 11) is 0. The zero-order valence-corrected chi connectivity index (χ0v) is 7.42. The summed E-state index contributed by atoms with van der Waals surface area (Å²) < 4.78 is 0. The Morgan fingerprint density at radius 1 is 1.17 bits per heavy atom. The van der Waals surface area contributed by atoms with Gasteiger partial charge in [0, 0.05) is 0 Å². The Morgan fingerprint density at radius 2 is 1.83 bits per heavy atom. The van der Waals surface area contributed by atoms with Crippen LogP contribution in [0.3, 0.4) is 0 Å². The summed E-state index contributed by atoms with van der Waals surface area (Å²) in [5.74, 6) is 0. The maximum absolute atomic E-state index is 3.75. The molecule has 0 amide bonds. The van der Waals surface area contributed by atoms with Crippen LogP contribution in [-0.4, -0.2) is 0 Å². The van der Waals surface area contributed by atoms with Crippen LogP contribution in [0.25, 0.3) is 0 Å². The first-order valence-corrected chi connectivity index (χ1v) is 4.32. The molecule has 0 nitrogen and oxygen atoms in total. The van der Waals surface area contributed by atoms with Crippen LogP contribution in [0.4, 0.5) is 0 Å². The molecule has 1 aliphatic rings. The molecule has 0 aromatic rings. The summed E-state index contributed by atoms with van der Waals surface area (Å²) in [6.07, 6.45) is 13.6. The second-order valence-corrected chi connectivity index (χ2v) is 2.88. The van der Waals surface area contributed by atoms with Gasteiger partial charge >= 0.3 is 0 Å². The Kier molecular flexibility index (Phi) is 3.59. The maximum Gasteiger partial charge on any atom is -0.00905 e. The van der Waals surface area contributed by atoms with Crippen LogP contribution in [-0.2, 0) is 0 Å². The van der Waals surface area contributed by atoms with E-state index in [9.17, 15) is 0 Å². The molecule has 0 N–H and O–H groups in total. The third kappa shape index (κ3) is 2.23. The van der Waals surface area contributed by atoms with Gasteiger partial charge in [0.05, 0.1) is 0 Å². The van der Waals surface area contributed by atoms with Crippen LogP contribution in [0.1, 0.15) is 19.3 Å². The van der Waals surface area contributed by atoms with Crippen molar-refractivity contribution in [1.29, 1.82) is 0 Å². The third-order valence-corrected chi connectivity index (χ3v) is 1.96. The van der Waals surface area contributed by atoms with Crippen LogP contribution >= 0.6 is 0 Å². The average molecular weight is 159 g/mol. The highest BCUT2D eigenvalue weighted by Gasteiger charge is 2.05. The predicted octanol–water partition coefficient (Wildman–Crippen LogP) is 3.60. The SMILES string of the molecule is C=CCC1=C(CC=C)C=CC[CH]1. The van der Waals surface area contributed by atoms with Gasteiger partial charge in [0.1, 0.15) is 0 Å². The predicted molar refractivity (Wildman–Crippen MR) is 54.7 cm³/mol. The monoisotopic (exact) mass is 159 g/mol. The van der Waals surface area contributed by atoms with Crippen LogP contribution in [0.2, 0.25) is 0 Å². The standard InChI is InChI=1S/C12H15/c1-3-7-11-9-5-6-10-12(11)8-4-2/h3-5,9-10H,1-2,6-8H2. The highest BCUT2D eigenvalue weighted by molar-refractivity contribution is 5.37. The quantitative estimate of drug-likeness (QED) is 0.550. The Hall–Kier alpha value is -1.04. The normalized spacial score (nSPS) is 16.3. The Balaban J connectivity index is 2.75. The Labute approximate surface area is 75.0 Å². The molecule has 0 saturated carbocycles. The number of hydrogen-bond acceptors (Lipinski definition) is 0. The fraction of sp³-hybridized carbons (Fsp3) is 0.250. The number of rotatable bonds is 4. The van der Waals surface area contributed by atoms with E-state index in [4.69, 9.17) is 0 Å². The molecule has 0 saturated heterocycles. The van der Waals surface area contributed by atoms with Crippen molar-refractivity contribution < 1.29 is 0 Å². The van der Waals surface area contributed by atoms with Crippen LogP contribution in [0.5, 0.6) is 0 Å². The molecule has 0 aliphatic heterocycles. The molecular weight excluding hydrogens is 144 g/mol. The van der Waals surface area contributed by atoms with Crippen molar-refractivity contribution in [2.45, 2.75) is 19.3 Å². The van der Waals surface area contributed by atoms with Gasteiger partial charge in [-0.2, -0.15) is 0 Å². The van der Waals surface area contributed by atoms with Crippen LogP contribution in [0, 0.1) is 6.42 Å². The zero-order chi connectivity index (χ0) is 8.81. The highest BCUT2D eigenvalue weighted by Crippen LogP contribution is 2.23. The molecule has 0 heterocycles. The molecule has 1 aliphatic carbocycles. The van der Waals surface area contributed by atoms with E-state index in [-0.39, 0.29) is 0 Å². The van der Waals surface area contributed by atoms with Crippen molar-refractivity contribution >= 4 is 0 Å². The summed E-state index contributed by atoms with van der Waals surface area (Å²) in [6.45, 7) is 7.49. The molecule has 63 valence electrons. The number of hydrogen-bond donors (Lipinski definition) is 0. The molecule has 0 spiro atoms. The van der Waals surface area contributed by atoms with Crippen molar-refractivity contribution in [3.63, 3.8) is 0 Å². The van der Waals surface area contributed by atoms with Gasteiger partial charge in [-0.1, -0.05) is 29.9 Å².